The summed E-state index contributed by atoms with van der Waals surface area (Å²) in [7, 11) is -5.67. The standard InChI is InChI=1S/C21H21F3N4O5S2/c1-20(2,3)33-19(29)28-11-8-12(28)10-27(9-11)18-26-15-14(35(30,31)21(22,23)24)5-4-13(16(15)32-18)17-25-6-7-34-17/h4-7,11-12H,8-10H2,1-3H3. The third-order valence-electron chi connectivity index (χ3n) is 5.82. The molecule has 5 heterocycles. The lowest BCUT2D eigenvalue weighted by Gasteiger charge is -2.55. The number of nitrogens with zero attached hydrogens (tertiary/aromatic N) is 4. The molecular formula is C21H21F3N4O5S2. The summed E-state index contributed by atoms with van der Waals surface area (Å²) in [6, 6.07) is 1.74. The van der Waals surface area contributed by atoms with Gasteiger partial charge in [0.1, 0.15) is 21.0 Å². The molecule has 0 radical (unpaired) electrons. The number of rotatable bonds is 3. The summed E-state index contributed by atoms with van der Waals surface area (Å²) < 4.78 is 75.9. The molecule has 2 unspecified atom stereocenters. The molecule has 1 aromatic carbocycles. The van der Waals surface area contributed by atoms with Crippen LogP contribution in [0.25, 0.3) is 21.7 Å². The highest BCUT2D eigenvalue weighted by molar-refractivity contribution is 7.92. The zero-order chi connectivity index (χ0) is 25.3. The third kappa shape index (κ3) is 4.01. The number of sulfone groups is 1. The van der Waals surface area contributed by atoms with Crippen molar-refractivity contribution in [3.63, 3.8) is 0 Å². The number of hydrogen-bond acceptors (Lipinski definition) is 9. The topological polar surface area (TPSA) is 106 Å². The first-order valence-corrected chi connectivity index (χ1v) is 13.0. The van der Waals surface area contributed by atoms with Gasteiger partial charge in [0.15, 0.2) is 5.58 Å². The van der Waals surface area contributed by atoms with Crippen molar-refractivity contribution < 1.29 is 35.5 Å². The average Bonchev–Trinajstić information content (AvgIpc) is 3.41. The van der Waals surface area contributed by atoms with E-state index in [1.54, 1.807) is 36.0 Å². The van der Waals surface area contributed by atoms with Crippen LogP contribution in [0.2, 0.25) is 0 Å². The molecule has 2 atom stereocenters. The van der Waals surface area contributed by atoms with Gasteiger partial charge in [0.2, 0.25) is 0 Å². The van der Waals surface area contributed by atoms with Gasteiger partial charge < -0.3 is 14.1 Å². The zero-order valence-corrected chi connectivity index (χ0v) is 20.5. The molecule has 3 fully saturated rings. The predicted octanol–water partition coefficient (Wildman–Crippen LogP) is 4.44. The summed E-state index contributed by atoms with van der Waals surface area (Å²) >= 11 is 1.23. The predicted molar refractivity (Wildman–Crippen MR) is 121 cm³/mol. The maximum absolute atomic E-state index is 13.4. The van der Waals surface area contributed by atoms with Gasteiger partial charge in [0.25, 0.3) is 15.9 Å². The molecule has 0 saturated carbocycles. The highest BCUT2D eigenvalue weighted by Crippen LogP contribution is 2.42. The Morgan fingerprint density at radius 3 is 2.46 bits per heavy atom. The van der Waals surface area contributed by atoms with Crippen molar-refractivity contribution >= 4 is 44.4 Å². The van der Waals surface area contributed by atoms with Gasteiger partial charge in [-0.1, -0.05) is 0 Å². The number of piperidine rings is 1. The Kier molecular flexibility index (Phi) is 5.33. The van der Waals surface area contributed by atoms with Crippen LogP contribution in [0.5, 0.6) is 0 Å². The maximum atomic E-state index is 13.4. The van der Waals surface area contributed by atoms with E-state index in [2.05, 4.69) is 9.97 Å². The van der Waals surface area contributed by atoms with E-state index in [1.807, 2.05) is 0 Å². The third-order valence-corrected chi connectivity index (χ3v) is 8.14. The van der Waals surface area contributed by atoms with Crippen molar-refractivity contribution in [2.75, 3.05) is 18.0 Å². The van der Waals surface area contributed by atoms with Crippen LogP contribution in [0, 0.1) is 0 Å². The number of anilines is 1. The average molecular weight is 531 g/mol. The lowest BCUT2D eigenvalue weighted by molar-refractivity contribution is -0.0436. The molecule has 0 aliphatic carbocycles. The number of amides is 1. The molecule has 188 valence electrons. The van der Waals surface area contributed by atoms with E-state index in [1.165, 1.54) is 23.6 Å². The van der Waals surface area contributed by atoms with Gasteiger partial charge in [-0.3, -0.25) is 4.90 Å². The number of thiazole rings is 1. The van der Waals surface area contributed by atoms with Gasteiger partial charge in [-0.2, -0.15) is 18.2 Å². The minimum Gasteiger partial charge on any atom is -0.444 e. The molecule has 1 amide bonds. The second-order valence-corrected chi connectivity index (χ2v) is 12.2. The minimum atomic E-state index is -5.67. The Bertz CT molecular complexity index is 1380. The molecule has 0 spiro atoms. The van der Waals surface area contributed by atoms with Crippen LogP contribution in [-0.4, -0.2) is 65.7 Å². The molecule has 9 nitrogen and oxygen atoms in total. The summed E-state index contributed by atoms with van der Waals surface area (Å²) in [5, 5.41) is 2.13. The van der Waals surface area contributed by atoms with Gasteiger partial charge in [0.05, 0.1) is 17.6 Å². The van der Waals surface area contributed by atoms with Gasteiger partial charge >= 0.3 is 11.6 Å². The van der Waals surface area contributed by atoms with Gasteiger partial charge in [-0.15, -0.1) is 11.3 Å². The number of oxazole rings is 1. The highest BCUT2D eigenvalue weighted by atomic mass is 32.2. The van der Waals surface area contributed by atoms with E-state index in [4.69, 9.17) is 9.15 Å². The molecular weight excluding hydrogens is 509 g/mol. The highest BCUT2D eigenvalue weighted by Gasteiger charge is 2.51. The van der Waals surface area contributed by atoms with E-state index in [-0.39, 0.29) is 23.7 Å². The quantitative estimate of drug-likeness (QED) is 0.489. The number of fused-ring (bicyclic) bond motifs is 3. The summed E-state index contributed by atoms with van der Waals surface area (Å²) in [4.78, 5) is 23.3. The Labute approximate surface area is 202 Å². The van der Waals surface area contributed by atoms with E-state index < -0.39 is 37.5 Å². The second kappa shape index (κ2) is 7.82. The summed E-state index contributed by atoms with van der Waals surface area (Å²) in [6.45, 7) is 5.96. The molecule has 3 saturated heterocycles. The maximum Gasteiger partial charge on any atom is 0.501 e. The number of halogens is 3. The first-order valence-electron chi connectivity index (χ1n) is 10.7. The van der Waals surface area contributed by atoms with Crippen LogP contribution in [0.3, 0.4) is 0 Å². The molecule has 14 heteroatoms. The molecule has 35 heavy (non-hydrogen) atoms. The first-order chi connectivity index (χ1) is 16.3. The lowest BCUT2D eigenvalue weighted by atomic mass is 9.88. The van der Waals surface area contributed by atoms with Crippen molar-refractivity contribution in [1.29, 1.82) is 0 Å². The second-order valence-electron chi connectivity index (χ2n) is 9.41. The fourth-order valence-electron chi connectivity index (χ4n) is 4.35. The van der Waals surface area contributed by atoms with E-state index in [0.717, 1.165) is 12.5 Å². The summed E-state index contributed by atoms with van der Waals surface area (Å²) in [5.74, 6) is 0. The van der Waals surface area contributed by atoms with E-state index in [0.29, 0.717) is 23.7 Å². The van der Waals surface area contributed by atoms with Crippen molar-refractivity contribution in [1.82, 2.24) is 14.9 Å². The van der Waals surface area contributed by atoms with Crippen molar-refractivity contribution in [2.45, 2.75) is 55.3 Å². The summed E-state index contributed by atoms with van der Waals surface area (Å²) in [5.41, 5.74) is -6.31. The Hall–Kier alpha value is -2.87. The van der Waals surface area contributed by atoms with Gasteiger partial charge in [-0.05, 0) is 39.3 Å². The van der Waals surface area contributed by atoms with E-state index >= 15 is 0 Å². The van der Waals surface area contributed by atoms with Crippen LogP contribution < -0.4 is 4.90 Å². The van der Waals surface area contributed by atoms with Crippen LogP contribution in [-0.2, 0) is 14.6 Å². The number of aromatic nitrogens is 2. The fraction of sp³-hybridized carbons (Fsp3) is 0.476. The number of ether oxygens (including phenoxy) is 1. The fourth-order valence-corrected chi connectivity index (χ4v) is 5.90. The molecule has 3 aromatic rings. The minimum absolute atomic E-state index is 0.0128. The number of hydrogen-bond donors (Lipinski definition) is 0. The Morgan fingerprint density at radius 1 is 1.20 bits per heavy atom. The summed E-state index contributed by atoms with van der Waals surface area (Å²) in [6.07, 6.45) is 1.83. The van der Waals surface area contributed by atoms with Crippen molar-refractivity contribution in [3.05, 3.63) is 23.7 Å². The molecule has 6 rings (SSSR count). The van der Waals surface area contributed by atoms with Crippen molar-refractivity contribution in [2.24, 2.45) is 0 Å². The largest absolute Gasteiger partial charge is 0.501 e. The number of benzene rings is 1. The number of alkyl halides is 3. The molecule has 3 aliphatic heterocycles. The molecule has 0 N–H and O–H groups in total. The number of piperazine rings is 1. The van der Waals surface area contributed by atoms with Crippen LogP contribution in [0.4, 0.5) is 24.0 Å². The van der Waals surface area contributed by atoms with Gasteiger partial charge in [-0.25, -0.2) is 18.2 Å². The normalized spacial score (nSPS) is 20.7. The van der Waals surface area contributed by atoms with Crippen LogP contribution in [0.1, 0.15) is 27.2 Å². The van der Waals surface area contributed by atoms with E-state index in [9.17, 15) is 26.4 Å². The smallest absolute Gasteiger partial charge is 0.444 e. The zero-order valence-electron chi connectivity index (χ0n) is 18.9. The first kappa shape index (κ1) is 23.9. The number of carbonyl (C=O) groups is 1. The van der Waals surface area contributed by atoms with Gasteiger partial charge in [0, 0.05) is 24.7 Å². The monoisotopic (exact) mass is 530 g/mol. The van der Waals surface area contributed by atoms with Crippen LogP contribution in [0.15, 0.2) is 33.0 Å². The Morgan fingerprint density at radius 2 is 1.89 bits per heavy atom. The SMILES string of the molecule is CC(C)(C)OC(=O)N1C2CC1CN(c1nc3c(S(=O)(=O)C(F)(F)F)ccc(-c4nccs4)c3o1)C2. The molecule has 2 bridgehead atoms. The lowest BCUT2D eigenvalue weighted by Crippen LogP contribution is -2.70. The molecule has 3 aliphatic rings. The van der Waals surface area contributed by atoms with Crippen molar-refractivity contribution in [3.8, 4) is 10.6 Å². The number of carbonyl (C=O) groups excluding carboxylic acids is 1. The Balaban J connectivity index is 1.52. The van der Waals surface area contributed by atoms with Crippen LogP contribution >= 0.6 is 11.3 Å². The molecule has 2 aromatic heterocycles.